The van der Waals surface area contributed by atoms with Crippen molar-refractivity contribution in [2.75, 3.05) is 13.1 Å². The van der Waals surface area contributed by atoms with E-state index in [2.05, 4.69) is 17.5 Å². The predicted molar refractivity (Wildman–Crippen MR) is 92.6 cm³/mol. The molecule has 0 N–H and O–H groups in total. The highest BCUT2D eigenvalue weighted by Gasteiger charge is 2.23. The van der Waals surface area contributed by atoms with Gasteiger partial charge in [-0.25, -0.2) is 0 Å². The molecule has 1 unspecified atom stereocenters. The van der Waals surface area contributed by atoms with E-state index in [1.807, 2.05) is 28.5 Å². The van der Waals surface area contributed by atoms with E-state index >= 15 is 0 Å². The molecule has 0 aliphatic carbocycles. The molecule has 2 nitrogen and oxygen atoms in total. The minimum Gasteiger partial charge on any atom is -0.342 e. The van der Waals surface area contributed by atoms with Gasteiger partial charge in [0, 0.05) is 24.0 Å². The second-order valence-electron chi connectivity index (χ2n) is 5.89. The molecule has 0 bridgehead atoms. The number of hydrogen-bond acceptors (Lipinski definition) is 2. The van der Waals surface area contributed by atoms with Gasteiger partial charge in [0.25, 0.3) is 0 Å². The maximum absolute atomic E-state index is 12.6. The Kier molecular flexibility index (Phi) is 5.16. The molecule has 0 spiro atoms. The van der Waals surface area contributed by atoms with Crippen molar-refractivity contribution >= 4 is 28.8 Å². The Balaban J connectivity index is 1.69. The Morgan fingerprint density at radius 2 is 2.05 bits per heavy atom. The predicted octanol–water partition coefficient (Wildman–Crippen LogP) is 4.74. The van der Waals surface area contributed by atoms with Crippen molar-refractivity contribution in [3.05, 3.63) is 57.2 Å². The number of nitrogens with zero attached hydrogens (tertiary/aromatic N) is 1. The standard InChI is InChI=1S/C18H20ClNOS/c19-17-6-4-15(5-7-17)16-3-1-2-9-20(12-16)18(21)11-14-8-10-22-13-14/h4-8,10,13,16H,1-3,9,11-12H2. The number of amides is 1. The van der Waals surface area contributed by atoms with E-state index in [1.54, 1.807) is 11.3 Å². The highest BCUT2D eigenvalue weighted by molar-refractivity contribution is 7.08. The molecule has 1 aliphatic heterocycles. The number of halogens is 1. The molecule has 4 heteroatoms. The molecule has 1 aromatic carbocycles. The topological polar surface area (TPSA) is 20.3 Å². The van der Waals surface area contributed by atoms with Gasteiger partial charge >= 0.3 is 0 Å². The first-order chi connectivity index (χ1) is 10.7. The van der Waals surface area contributed by atoms with Crippen LogP contribution in [-0.4, -0.2) is 23.9 Å². The first kappa shape index (κ1) is 15.6. The van der Waals surface area contributed by atoms with E-state index in [1.165, 1.54) is 12.0 Å². The van der Waals surface area contributed by atoms with Gasteiger partial charge in [0.2, 0.25) is 5.91 Å². The van der Waals surface area contributed by atoms with Crippen LogP contribution in [0.1, 0.15) is 36.3 Å². The van der Waals surface area contributed by atoms with Gasteiger partial charge in [0.1, 0.15) is 0 Å². The molecule has 0 saturated carbocycles. The van der Waals surface area contributed by atoms with Crippen LogP contribution in [0.3, 0.4) is 0 Å². The molecule has 3 rings (SSSR count). The quantitative estimate of drug-likeness (QED) is 0.794. The number of carbonyl (C=O) groups excluding carboxylic acids is 1. The molecule has 1 aromatic heterocycles. The minimum atomic E-state index is 0.249. The monoisotopic (exact) mass is 333 g/mol. The van der Waals surface area contributed by atoms with Gasteiger partial charge in [-0.1, -0.05) is 30.2 Å². The van der Waals surface area contributed by atoms with Crippen molar-refractivity contribution in [2.24, 2.45) is 0 Å². The smallest absolute Gasteiger partial charge is 0.227 e. The average Bonchev–Trinajstić information content (AvgIpc) is 2.90. The van der Waals surface area contributed by atoms with Crippen LogP contribution in [0, 0.1) is 0 Å². The van der Waals surface area contributed by atoms with Gasteiger partial charge in [-0.2, -0.15) is 11.3 Å². The second kappa shape index (κ2) is 7.30. The van der Waals surface area contributed by atoms with Gasteiger partial charge in [-0.3, -0.25) is 4.79 Å². The summed E-state index contributed by atoms with van der Waals surface area (Å²) in [5, 5.41) is 4.86. The van der Waals surface area contributed by atoms with E-state index in [0.29, 0.717) is 12.3 Å². The van der Waals surface area contributed by atoms with Gasteiger partial charge in [-0.15, -0.1) is 0 Å². The summed E-state index contributed by atoms with van der Waals surface area (Å²) in [5.41, 5.74) is 2.42. The number of thiophene rings is 1. The van der Waals surface area contributed by atoms with Crippen molar-refractivity contribution < 1.29 is 4.79 Å². The zero-order valence-corrected chi connectivity index (χ0v) is 14.1. The lowest BCUT2D eigenvalue weighted by atomic mass is 9.94. The van der Waals surface area contributed by atoms with Gasteiger partial charge in [0.05, 0.1) is 6.42 Å². The molecular weight excluding hydrogens is 314 g/mol. The fourth-order valence-corrected chi connectivity index (χ4v) is 3.85. The van der Waals surface area contributed by atoms with Crippen LogP contribution >= 0.6 is 22.9 Å². The normalized spacial score (nSPS) is 19.0. The lowest BCUT2D eigenvalue weighted by Gasteiger charge is -2.25. The summed E-state index contributed by atoms with van der Waals surface area (Å²) < 4.78 is 0. The average molecular weight is 334 g/mol. The van der Waals surface area contributed by atoms with Crippen molar-refractivity contribution in [1.29, 1.82) is 0 Å². The van der Waals surface area contributed by atoms with Crippen LogP contribution in [0.15, 0.2) is 41.1 Å². The molecule has 2 heterocycles. The Hall–Kier alpha value is -1.32. The number of carbonyl (C=O) groups is 1. The van der Waals surface area contributed by atoms with Crippen LogP contribution in [-0.2, 0) is 11.2 Å². The lowest BCUT2D eigenvalue weighted by molar-refractivity contribution is -0.130. The second-order valence-corrected chi connectivity index (χ2v) is 7.11. The molecule has 22 heavy (non-hydrogen) atoms. The highest BCUT2D eigenvalue weighted by Crippen LogP contribution is 2.27. The molecule has 1 atom stereocenters. The molecule has 1 aliphatic rings. The van der Waals surface area contributed by atoms with E-state index in [0.717, 1.165) is 36.5 Å². The largest absolute Gasteiger partial charge is 0.342 e. The van der Waals surface area contributed by atoms with Crippen molar-refractivity contribution in [3.8, 4) is 0 Å². The lowest BCUT2D eigenvalue weighted by Crippen LogP contribution is -2.35. The Morgan fingerprint density at radius 3 is 2.77 bits per heavy atom. The summed E-state index contributed by atoms with van der Waals surface area (Å²) in [7, 11) is 0. The van der Waals surface area contributed by atoms with Crippen molar-refractivity contribution in [2.45, 2.75) is 31.6 Å². The number of hydrogen-bond donors (Lipinski definition) is 0. The summed E-state index contributed by atoms with van der Waals surface area (Å²) in [6.45, 7) is 1.71. The Morgan fingerprint density at radius 1 is 1.23 bits per heavy atom. The maximum atomic E-state index is 12.6. The maximum Gasteiger partial charge on any atom is 0.227 e. The zero-order chi connectivity index (χ0) is 15.4. The molecule has 0 radical (unpaired) electrons. The minimum absolute atomic E-state index is 0.249. The first-order valence-corrected chi connectivity index (χ1v) is 9.09. The molecule has 1 saturated heterocycles. The van der Waals surface area contributed by atoms with Crippen molar-refractivity contribution in [1.82, 2.24) is 4.90 Å². The summed E-state index contributed by atoms with van der Waals surface area (Å²) in [4.78, 5) is 14.6. The summed E-state index contributed by atoms with van der Waals surface area (Å²) in [6, 6.07) is 10.1. The third-order valence-corrected chi connectivity index (χ3v) is 5.28. The fraction of sp³-hybridized carbons (Fsp3) is 0.389. The summed E-state index contributed by atoms with van der Waals surface area (Å²) in [6.07, 6.45) is 3.94. The third-order valence-electron chi connectivity index (χ3n) is 4.30. The van der Waals surface area contributed by atoms with Crippen molar-refractivity contribution in [3.63, 3.8) is 0 Å². The van der Waals surface area contributed by atoms with Crippen LogP contribution in [0.2, 0.25) is 5.02 Å². The van der Waals surface area contributed by atoms with E-state index < -0.39 is 0 Å². The molecule has 1 fully saturated rings. The molecular formula is C18H20ClNOS. The van der Waals surface area contributed by atoms with Gasteiger partial charge in [-0.05, 0) is 52.9 Å². The highest BCUT2D eigenvalue weighted by atomic mass is 35.5. The number of benzene rings is 1. The van der Waals surface area contributed by atoms with Gasteiger partial charge < -0.3 is 4.90 Å². The number of rotatable bonds is 3. The SMILES string of the molecule is O=C(Cc1ccsc1)N1CCCCC(c2ccc(Cl)cc2)C1. The van der Waals surface area contributed by atoms with Gasteiger partial charge in [0.15, 0.2) is 0 Å². The molecule has 2 aromatic rings. The van der Waals surface area contributed by atoms with Crippen LogP contribution in [0.5, 0.6) is 0 Å². The van der Waals surface area contributed by atoms with Crippen LogP contribution < -0.4 is 0 Å². The molecule has 116 valence electrons. The third kappa shape index (κ3) is 3.90. The number of likely N-dealkylation sites (tertiary alicyclic amines) is 1. The van der Waals surface area contributed by atoms with Crippen LogP contribution in [0.4, 0.5) is 0 Å². The van der Waals surface area contributed by atoms with E-state index in [-0.39, 0.29) is 5.91 Å². The van der Waals surface area contributed by atoms with E-state index in [9.17, 15) is 4.79 Å². The van der Waals surface area contributed by atoms with E-state index in [4.69, 9.17) is 11.6 Å². The van der Waals surface area contributed by atoms with Crippen LogP contribution in [0.25, 0.3) is 0 Å². The Labute approximate surface area is 140 Å². The summed E-state index contributed by atoms with van der Waals surface area (Å²) in [5.74, 6) is 0.672. The Bertz CT molecular complexity index is 609. The first-order valence-electron chi connectivity index (χ1n) is 7.76. The fourth-order valence-electron chi connectivity index (χ4n) is 3.06. The zero-order valence-electron chi connectivity index (χ0n) is 12.5. The summed E-state index contributed by atoms with van der Waals surface area (Å²) >= 11 is 7.63. The molecule has 1 amide bonds.